The third-order valence-corrected chi connectivity index (χ3v) is 6.60. The van der Waals surface area contributed by atoms with Crippen LogP contribution in [-0.4, -0.2) is 0 Å². The molecule has 0 saturated carbocycles. The van der Waals surface area contributed by atoms with Crippen molar-refractivity contribution in [3.8, 4) is 0 Å². The number of rotatable bonds is 4. The standard InChI is InChI=1S/2C9H13.Ti/c2*1-7(2)9-6-4-5-8(9)3;/h2*5,7H,4H2,1-3H3;. The van der Waals surface area contributed by atoms with E-state index in [0.29, 0.717) is 11.8 Å². The molecule has 0 aromatic heterocycles. The van der Waals surface area contributed by atoms with Gasteiger partial charge in [0.25, 0.3) is 0 Å². The van der Waals surface area contributed by atoms with E-state index in [9.17, 15) is 0 Å². The molecule has 0 aliphatic heterocycles. The molecule has 19 heavy (non-hydrogen) atoms. The van der Waals surface area contributed by atoms with Crippen LogP contribution in [-0.2, 0) is 19.2 Å². The van der Waals surface area contributed by atoms with E-state index >= 15 is 0 Å². The fraction of sp³-hybridized carbons (Fsp3) is 0.556. The minimum absolute atomic E-state index is 0.0826. The molecule has 0 saturated heterocycles. The Morgan fingerprint density at radius 1 is 0.789 bits per heavy atom. The van der Waals surface area contributed by atoms with Gasteiger partial charge >= 0.3 is 128 Å². The van der Waals surface area contributed by atoms with Crippen molar-refractivity contribution in [3.05, 3.63) is 42.2 Å². The van der Waals surface area contributed by atoms with Crippen LogP contribution in [0.25, 0.3) is 0 Å². The molecule has 0 spiro atoms. The molecule has 1 heteroatoms. The van der Waals surface area contributed by atoms with Crippen molar-refractivity contribution in [3.63, 3.8) is 0 Å². The summed E-state index contributed by atoms with van der Waals surface area (Å²) in [6, 6.07) is 0. The molecule has 2 aliphatic carbocycles. The predicted octanol–water partition coefficient (Wildman–Crippen LogP) is 5.59. The fourth-order valence-corrected chi connectivity index (χ4v) is 6.60. The molecule has 0 N–H and O–H groups in total. The summed E-state index contributed by atoms with van der Waals surface area (Å²) in [7, 11) is 0. The molecule has 0 atom stereocenters. The molecule has 0 amide bonds. The molecule has 102 valence electrons. The second-order valence-electron chi connectivity index (χ2n) is 6.40. The van der Waals surface area contributed by atoms with Gasteiger partial charge in [-0.2, -0.15) is 0 Å². The Bertz CT molecular complexity index is 450. The van der Waals surface area contributed by atoms with Crippen LogP contribution in [0.15, 0.2) is 42.2 Å². The first-order valence-electron chi connectivity index (χ1n) is 7.49. The van der Waals surface area contributed by atoms with Gasteiger partial charge < -0.3 is 0 Å². The van der Waals surface area contributed by atoms with Gasteiger partial charge in [0.2, 0.25) is 0 Å². The summed E-state index contributed by atoms with van der Waals surface area (Å²) < 4.78 is 3.59. The van der Waals surface area contributed by atoms with Crippen LogP contribution in [0, 0.1) is 11.8 Å². The normalized spacial score (nSPS) is 19.8. The molecule has 0 nitrogen and oxygen atoms in total. The van der Waals surface area contributed by atoms with E-state index in [1.54, 1.807) is 30.0 Å². The second kappa shape index (κ2) is 5.98. The zero-order valence-electron chi connectivity index (χ0n) is 13.2. The van der Waals surface area contributed by atoms with Gasteiger partial charge in [0.1, 0.15) is 0 Å². The molecule has 0 heterocycles. The van der Waals surface area contributed by atoms with E-state index in [1.165, 1.54) is 12.8 Å². The van der Waals surface area contributed by atoms with Crippen LogP contribution in [0.4, 0.5) is 0 Å². The third kappa shape index (κ3) is 3.06. The number of hydrogen-bond acceptors (Lipinski definition) is 0. The van der Waals surface area contributed by atoms with Gasteiger partial charge in [0.05, 0.1) is 0 Å². The third-order valence-electron chi connectivity index (χ3n) is 4.18. The van der Waals surface area contributed by atoms with Crippen LogP contribution in [0.2, 0.25) is 0 Å². The molecule has 0 bridgehead atoms. The molecule has 0 unspecified atom stereocenters. The average Bonchev–Trinajstić information content (AvgIpc) is 2.83. The quantitative estimate of drug-likeness (QED) is 0.592. The summed E-state index contributed by atoms with van der Waals surface area (Å²) in [4.78, 5) is 0. The molecule has 0 aromatic carbocycles. The second-order valence-corrected chi connectivity index (χ2v) is 8.68. The average molecular weight is 290 g/mol. The van der Waals surface area contributed by atoms with Crippen molar-refractivity contribution < 1.29 is 19.2 Å². The Hall–Kier alpha value is -0.326. The summed E-state index contributed by atoms with van der Waals surface area (Å²) in [5.74, 6) is 1.38. The van der Waals surface area contributed by atoms with Gasteiger partial charge in [-0.3, -0.25) is 0 Å². The van der Waals surface area contributed by atoms with Gasteiger partial charge in [-0.15, -0.1) is 0 Å². The Kier molecular flexibility index (Phi) is 4.74. The van der Waals surface area contributed by atoms with Gasteiger partial charge in [-0.05, 0) is 0 Å². The van der Waals surface area contributed by atoms with Crippen molar-refractivity contribution >= 4 is 0 Å². The van der Waals surface area contributed by atoms with Crippen molar-refractivity contribution in [2.75, 3.05) is 0 Å². The fourth-order valence-electron chi connectivity index (χ4n) is 3.45. The SMILES string of the molecule is CC1=CC[C]([Ti][C]2=C(C(C)C)C(C)=CC2)=C1C(C)C. The zero-order valence-corrected chi connectivity index (χ0v) is 14.8. The number of hydrogen-bond donors (Lipinski definition) is 0. The van der Waals surface area contributed by atoms with E-state index in [0.717, 1.165) is 0 Å². The van der Waals surface area contributed by atoms with Crippen molar-refractivity contribution in [1.29, 1.82) is 0 Å². The van der Waals surface area contributed by atoms with Crippen LogP contribution in [0.1, 0.15) is 54.4 Å². The van der Waals surface area contributed by atoms with Crippen molar-refractivity contribution in [1.82, 2.24) is 0 Å². The van der Waals surface area contributed by atoms with Crippen LogP contribution < -0.4 is 0 Å². The van der Waals surface area contributed by atoms with E-state index in [4.69, 9.17) is 0 Å². The summed E-state index contributed by atoms with van der Waals surface area (Å²) in [5.41, 5.74) is 6.45. The summed E-state index contributed by atoms with van der Waals surface area (Å²) in [5, 5.41) is 0. The van der Waals surface area contributed by atoms with Gasteiger partial charge in [-0.25, -0.2) is 0 Å². The monoisotopic (exact) mass is 290 g/mol. The maximum absolute atomic E-state index is 2.44. The summed E-state index contributed by atoms with van der Waals surface area (Å²) in [6.45, 7) is 14.0. The maximum atomic E-state index is 2.44. The van der Waals surface area contributed by atoms with Crippen molar-refractivity contribution in [2.45, 2.75) is 54.4 Å². The molecule has 0 fully saturated rings. The molecule has 2 rings (SSSR count). The summed E-state index contributed by atoms with van der Waals surface area (Å²) in [6.07, 6.45) is 7.35. The molecular weight excluding hydrogens is 264 g/mol. The van der Waals surface area contributed by atoms with Gasteiger partial charge in [-0.1, -0.05) is 0 Å². The van der Waals surface area contributed by atoms with Crippen LogP contribution >= 0.6 is 0 Å². The first-order chi connectivity index (χ1) is 8.91. The van der Waals surface area contributed by atoms with E-state index < -0.39 is 0 Å². The zero-order chi connectivity index (χ0) is 14.2. The van der Waals surface area contributed by atoms with E-state index in [2.05, 4.69) is 53.7 Å². The molecular formula is C18H26Ti. The Morgan fingerprint density at radius 3 is 1.47 bits per heavy atom. The molecule has 2 aliphatic rings. The Morgan fingerprint density at radius 2 is 1.16 bits per heavy atom. The Labute approximate surface area is 127 Å². The summed E-state index contributed by atoms with van der Waals surface area (Å²) >= 11 is -0.0826. The topological polar surface area (TPSA) is 0 Å². The molecule has 0 aromatic rings. The Balaban J connectivity index is 2.28. The van der Waals surface area contributed by atoms with Crippen molar-refractivity contribution in [2.24, 2.45) is 11.8 Å². The predicted molar refractivity (Wildman–Crippen MR) is 80.5 cm³/mol. The molecule has 0 radical (unpaired) electrons. The van der Waals surface area contributed by atoms with Crippen LogP contribution in [0.5, 0.6) is 0 Å². The number of allylic oxidation sites excluding steroid dienone is 8. The first kappa shape index (κ1) is 15.1. The van der Waals surface area contributed by atoms with E-state index in [1.807, 2.05) is 0 Å². The van der Waals surface area contributed by atoms with E-state index in [-0.39, 0.29) is 19.2 Å². The van der Waals surface area contributed by atoms with Crippen LogP contribution in [0.3, 0.4) is 0 Å². The van der Waals surface area contributed by atoms with Gasteiger partial charge in [0, 0.05) is 0 Å². The van der Waals surface area contributed by atoms with Gasteiger partial charge in [0.15, 0.2) is 0 Å². The first-order valence-corrected chi connectivity index (χ1v) is 9.05. The minimum atomic E-state index is -0.0826.